The number of carbonyl (C=O) groups is 1. The molecule has 4 atom stereocenters. The van der Waals surface area contributed by atoms with E-state index in [-0.39, 0.29) is 29.5 Å². The Morgan fingerprint density at radius 3 is 2.95 bits per heavy atom. The lowest BCUT2D eigenvalue weighted by Gasteiger charge is -2.47. The van der Waals surface area contributed by atoms with Gasteiger partial charge in [-0.2, -0.15) is 9.97 Å². The summed E-state index contributed by atoms with van der Waals surface area (Å²) in [6, 6.07) is 12.6. The van der Waals surface area contributed by atoms with Crippen LogP contribution in [0.4, 0.5) is 10.2 Å². The van der Waals surface area contributed by atoms with Crippen molar-refractivity contribution in [1.82, 2.24) is 24.8 Å². The number of carbonyl (C=O) groups excluding carboxylic acids is 1. The number of nitrogens with zero attached hydrogens (tertiary/aromatic N) is 6. The first-order valence-corrected chi connectivity index (χ1v) is 15.4. The number of fused-ring (bicyclic) bond motifs is 4. The zero-order valence-corrected chi connectivity index (χ0v) is 24.5. The highest BCUT2D eigenvalue weighted by molar-refractivity contribution is 6.36. The van der Waals surface area contributed by atoms with E-state index in [1.807, 2.05) is 41.6 Å². The van der Waals surface area contributed by atoms with E-state index in [9.17, 15) is 9.18 Å². The van der Waals surface area contributed by atoms with Crippen LogP contribution >= 0.6 is 11.6 Å². The summed E-state index contributed by atoms with van der Waals surface area (Å²) < 4.78 is 20.8. The standard InChI is InChI=1S/C33H32ClFN6O2/c1-2-29(42)40-12-9-27-28(40)18-41(27)31-23-8-7-20(24-16-36-15-21-5-3-6-25(34)30(21)24)13-26(23)37-32(38-31)43-19-33-10-4-11-39(33)17-22(35)14-33/h2-3,5-8,13,15-16,22,27-28H,1,4,9-12,14,17-19H2/t22-,27-,28-,33?/m1/s1. The smallest absolute Gasteiger partial charge is 0.319 e. The van der Waals surface area contributed by atoms with Gasteiger partial charge in [-0.3, -0.25) is 14.7 Å². The van der Waals surface area contributed by atoms with Gasteiger partial charge in [-0.05, 0) is 55.6 Å². The van der Waals surface area contributed by atoms with E-state index < -0.39 is 6.17 Å². The number of halogens is 2. The van der Waals surface area contributed by atoms with Crippen molar-refractivity contribution in [2.75, 3.05) is 37.7 Å². The average Bonchev–Trinajstić information content (AvgIpc) is 3.64. The van der Waals surface area contributed by atoms with Crippen molar-refractivity contribution in [2.45, 2.75) is 49.5 Å². The number of amides is 1. The van der Waals surface area contributed by atoms with Gasteiger partial charge in [0.05, 0.1) is 23.1 Å². The van der Waals surface area contributed by atoms with Crippen LogP contribution in [-0.2, 0) is 4.79 Å². The lowest BCUT2D eigenvalue weighted by Crippen LogP contribution is -2.63. The zero-order valence-electron chi connectivity index (χ0n) is 23.8. The van der Waals surface area contributed by atoms with Gasteiger partial charge < -0.3 is 14.5 Å². The van der Waals surface area contributed by atoms with Crippen molar-refractivity contribution < 1.29 is 13.9 Å². The Morgan fingerprint density at radius 1 is 1.16 bits per heavy atom. The van der Waals surface area contributed by atoms with Crippen LogP contribution in [0.15, 0.2) is 61.4 Å². The van der Waals surface area contributed by atoms with Gasteiger partial charge >= 0.3 is 6.01 Å². The van der Waals surface area contributed by atoms with Crippen molar-refractivity contribution in [3.8, 4) is 17.1 Å². The van der Waals surface area contributed by atoms with Gasteiger partial charge in [0.15, 0.2) is 0 Å². The second kappa shape index (κ2) is 10.1. The molecule has 0 bridgehead atoms. The van der Waals surface area contributed by atoms with Crippen LogP contribution in [0.2, 0.25) is 5.02 Å². The fourth-order valence-corrected chi connectivity index (χ4v) is 8.14. The normalized spacial score (nSPS) is 26.5. The fraction of sp³-hybridized carbons (Fsp3) is 0.394. The van der Waals surface area contributed by atoms with Crippen LogP contribution in [0.25, 0.3) is 32.8 Å². The molecule has 0 spiro atoms. The van der Waals surface area contributed by atoms with E-state index in [4.69, 9.17) is 26.3 Å². The van der Waals surface area contributed by atoms with Gasteiger partial charge in [-0.1, -0.05) is 36.4 Å². The number of pyridine rings is 1. The molecule has 1 unspecified atom stereocenters. The zero-order chi connectivity index (χ0) is 29.3. The summed E-state index contributed by atoms with van der Waals surface area (Å²) in [6.07, 6.45) is 7.51. The third kappa shape index (κ3) is 4.27. The van der Waals surface area contributed by atoms with Crippen LogP contribution in [0.5, 0.6) is 6.01 Å². The maximum atomic E-state index is 14.4. The molecule has 0 radical (unpaired) electrons. The predicted molar refractivity (Wildman–Crippen MR) is 165 cm³/mol. The lowest BCUT2D eigenvalue weighted by molar-refractivity contribution is -0.127. The van der Waals surface area contributed by atoms with Crippen molar-refractivity contribution in [3.05, 3.63) is 66.5 Å². The number of anilines is 1. The summed E-state index contributed by atoms with van der Waals surface area (Å²) in [5.41, 5.74) is 2.31. The van der Waals surface area contributed by atoms with E-state index in [1.165, 1.54) is 6.08 Å². The highest BCUT2D eigenvalue weighted by Crippen LogP contribution is 2.43. The molecule has 0 saturated carbocycles. The second-order valence-corrected chi connectivity index (χ2v) is 12.7. The molecule has 0 aliphatic carbocycles. The summed E-state index contributed by atoms with van der Waals surface area (Å²) >= 11 is 6.66. The highest BCUT2D eigenvalue weighted by atomic mass is 35.5. The topological polar surface area (TPSA) is 74.7 Å². The molecular formula is C33H32ClFN6O2. The quantitative estimate of drug-likeness (QED) is 0.274. The summed E-state index contributed by atoms with van der Waals surface area (Å²) in [6.45, 7) is 6.78. The van der Waals surface area contributed by atoms with Gasteiger partial charge in [-0.15, -0.1) is 0 Å². The van der Waals surface area contributed by atoms with Gasteiger partial charge in [0.2, 0.25) is 5.91 Å². The molecule has 0 N–H and O–H groups in total. The van der Waals surface area contributed by atoms with Crippen LogP contribution in [0.3, 0.4) is 0 Å². The Hall–Kier alpha value is -3.82. The molecule has 10 heteroatoms. The SMILES string of the molecule is C=CC(=O)N1CC[C@@H]2[C@H]1CN2c1nc(OCC23CCCN2C[C@H](F)C3)nc2cc(-c3cncc4cccc(Cl)c34)ccc12. The molecule has 4 aromatic rings. The number of benzene rings is 2. The van der Waals surface area contributed by atoms with Crippen LogP contribution < -0.4 is 9.64 Å². The minimum Gasteiger partial charge on any atom is -0.461 e. The van der Waals surface area contributed by atoms with Gasteiger partial charge in [-0.25, -0.2) is 4.39 Å². The second-order valence-electron chi connectivity index (χ2n) is 12.3. The molecule has 2 aromatic heterocycles. The van der Waals surface area contributed by atoms with E-state index in [1.54, 1.807) is 0 Å². The van der Waals surface area contributed by atoms with E-state index in [2.05, 4.69) is 33.5 Å². The molecule has 2 aromatic carbocycles. The summed E-state index contributed by atoms with van der Waals surface area (Å²) in [5, 5.41) is 3.48. The maximum Gasteiger partial charge on any atom is 0.319 e. The van der Waals surface area contributed by atoms with Crippen LogP contribution in [0.1, 0.15) is 25.7 Å². The minimum absolute atomic E-state index is 0.0289. The van der Waals surface area contributed by atoms with Crippen molar-refractivity contribution in [2.24, 2.45) is 0 Å². The van der Waals surface area contributed by atoms with Crippen LogP contribution in [-0.4, -0.2) is 87.2 Å². The largest absolute Gasteiger partial charge is 0.461 e. The summed E-state index contributed by atoms with van der Waals surface area (Å²) in [4.78, 5) is 33.2. The average molecular weight is 599 g/mol. The highest BCUT2D eigenvalue weighted by Gasteiger charge is 2.50. The van der Waals surface area contributed by atoms with E-state index in [0.717, 1.165) is 64.4 Å². The number of aromatic nitrogens is 3. The summed E-state index contributed by atoms with van der Waals surface area (Å²) in [5.74, 6) is 0.768. The first-order chi connectivity index (χ1) is 20.9. The molecule has 4 saturated heterocycles. The number of hydrogen-bond acceptors (Lipinski definition) is 7. The predicted octanol–water partition coefficient (Wildman–Crippen LogP) is 5.43. The van der Waals surface area contributed by atoms with Crippen molar-refractivity contribution >= 4 is 45.0 Å². The van der Waals surface area contributed by atoms with E-state index in [0.29, 0.717) is 37.7 Å². The monoisotopic (exact) mass is 598 g/mol. The molecule has 220 valence electrons. The molecule has 4 aliphatic rings. The molecule has 8 rings (SSSR count). The van der Waals surface area contributed by atoms with Gasteiger partial charge in [0.1, 0.15) is 18.6 Å². The Morgan fingerprint density at radius 2 is 2.07 bits per heavy atom. The van der Waals surface area contributed by atoms with Gasteiger partial charge in [0, 0.05) is 65.2 Å². The molecule has 8 nitrogen and oxygen atoms in total. The minimum atomic E-state index is -0.831. The van der Waals surface area contributed by atoms with Crippen molar-refractivity contribution in [1.29, 1.82) is 0 Å². The Balaban J connectivity index is 1.19. The number of ether oxygens (including phenoxy) is 1. The number of alkyl halides is 1. The Kier molecular flexibility index (Phi) is 6.31. The molecule has 4 aliphatic heterocycles. The number of rotatable bonds is 6. The first-order valence-electron chi connectivity index (χ1n) is 15.0. The number of likely N-dealkylation sites (tertiary alicyclic amines) is 1. The third-order valence-electron chi connectivity index (χ3n) is 9.95. The molecule has 4 fully saturated rings. The third-order valence-corrected chi connectivity index (χ3v) is 10.3. The molecule has 6 heterocycles. The fourth-order valence-electron chi connectivity index (χ4n) is 7.85. The first kappa shape index (κ1) is 26.8. The van der Waals surface area contributed by atoms with Gasteiger partial charge in [0.25, 0.3) is 0 Å². The number of hydrogen-bond donors (Lipinski definition) is 0. The molecule has 43 heavy (non-hydrogen) atoms. The van der Waals surface area contributed by atoms with Crippen LogP contribution in [0, 0.1) is 0 Å². The Bertz CT molecular complexity index is 1780. The Labute approximate surface area is 254 Å². The van der Waals surface area contributed by atoms with Crippen molar-refractivity contribution in [3.63, 3.8) is 0 Å². The lowest BCUT2D eigenvalue weighted by atomic mass is 9.95. The van der Waals surface area contributed by atoms with E-state index >= 15 is 0 Å². The molecular weight excluding hydrogens is 567 g/mol. The molecule has 1 amide bonds. The maximum absolute atomic E-state index is 14.4. The summed E-state index contributed by atoms with van der Waals surface area (Å²) in [7, 11) is 0.